The van der Waals surface area contributed by atoms with Gasteiger partial charge in [0.15, 0.2) is 6.04 Å². The Labute approximate surface area is 121 Å². The molecule has 0 saturated heterocycles. The van der Waals surface area contributed by atoms with Crippen molar-refractivity contribution in [2.24, 2.45) is 0 Å². The van der Waals surface area contributed by atoms with Gasteiger partial charge in [0, 0.05) is 10.2 Å². The van der Waals surface area contributed by atoms with Gasteiger partial charge in [-0.25, -0.2) is 9.78 Å². The Morgan fingerprint density at radius 2 is 2.22 bits per heavy atom. The Hall–Kier alpha value is -1.11. The lowest BCUT2D eigenvalue weighted by Crippen LogP contribution is -2.20. The maximum atomic E-state index is 11.3. The lowest BCUT2D eigenvalue weighted by atomic mass is 10.2. The first-order valence-electron chi connectivity index (χ1n) is 4.93. The number of carboxylic acids is 1. The van der Waals surface area contributed by atoms with Crippen LogP contribution in [0.15, 0.2) is 34.9 Å². The summed E-state index contributed by atoms with van der Waals surface area (Å²) in [6.45, 7) is 0. The van der Waals surface area contributed by atoms with E-state index in [0.29, 0.717) is 15.0 Å². The summed E-state index contributed by atoms with van der Waals surface area (Å²) in [5.74, 6) is -1.00. The van der Waals surface area contributed by atoms with Crippen LogP contribution < -0.4 is 5.32 Å². The number of hydrogen-bond donors (Lipinski definition) is 2. The second-order valence-corrected chi connectivity index (χ2v) is 5.95. The Bertz CT molecular complexity index is 576. The number of halogens is 2. The van der Waals surface area contributed by atoms with Gasteiger partial charge in [0.1, 0.15) is 9.34 Å². The molecule has 0 bridgehead atoms. The molecule has 0 aliphatic rings. The van der Waals surface area contributed by atoms with Crippen LogP contribution >= 0.6 is 38.9 Å². The molecule has 1 aromatic heterocycles. The highest BCUT2D eigenvalue weighted by Crippen LogP contribution is 2.29. The number of para-hydroxylation sites is 1. The van der Waals surface area contributed by atoms with Crippen LogP contribution in [0.3, 0.4) is 0 Å². The minimum Gasteiger partial charge on any atom is -0.479 e. The van der Waals surface area contributed by atoms with Gasteiger partial charge in [-0.05, 0) is 28.1 Å². The van der Waals surface area contributed by atoms with Crippen molar-refractivity contribution in [2.45, 2.75) is 6.04 Å². The van der Waals surface area contributed by atoms with Crippen molar-refractivity contribution in [3.05, 3.63) is 44.3 Å². The van der Waals surface area contributed by atoms with Crippen LogP contribution in [-0.4, -0.2) is 16.1 Å². The Morgan fingerprint density at radius 1 is 1.50 bits per heavy atom. The molecule has 0 spiro atoms. The maximum Gasteiger partial charge on any atom is 0.333 e. The molecule has 0 saturated carbocycles. The van der Waals surface area contributed by atoms with Crippen LogP contribution in [0.5, 0.6) is 0 Å². The molecule has 0 aliphatic heterocycles. The summed E-state index contributed by atoms with van der Waals surface area (Å²) in [5, 5.41) is 12.6. The average Bonchev–Trinajstić information content (AvgIpc) is 2.74. The molecule has 1 heterocycles. The third kappa shape index (κ3) is 3.01. The number of carbonyl (C=O) groups is 1. The van der Waals surface area contributed by atoms with Gasteiger partial charge in [0.2, 0.25) is 0 Å². The molecule has 0 radical (unpaired) electrons. The van der Waals surface area contributed by atoms with Crippen LogP contribution in [0.25, 0.3) is 0 Å². The van der Waals surface area contributed by atoms with E-state index in [9.17, 15) is 9.90 Å². The topological polar surface area (TPSA) is 62.2 Å². The molecule has 7 heteroatoms. The molecule has 1 unspecified atom stereocenters. The van der Waals surface area contributed by atoms with E-state index in [1.54, 1.807) is 6.07 Å². The molecule has 4 nitrogen and oxygen atoms in total. The Balaban J connectivity index is 2.28. The average molecular weight is 348 g/mol. The summed E-state index contributed by atoms with van der Waals surface area (Å²) >= 11 is 10.3. The summed E-state index contributed by atoms with van der Waals surface area (Å²) in [5.41, 5.74) is 0.691. The minimum absolute atomic E-state index is 0.420. The number of nitrogens with zero attached hydrogens (tertiary/aromatic N) is 1. The number of benzene rings is 1. The monoisotopic (exact) mass is 346 g/mol. The van der Waals surface area contributed by atoms with Crippen molar-refractivity contribution in [3.8, 4) is 0 Å². The van der Waals surface area contributed by atoms with Gasteiger partial charge < -0.3 is 10.4 Å². The van der Waals surface area contributed by atoms with Gasteiger partial charge in [-0.3, -0.25) is 0 Å². The van der Waals surface area contributed by atoms with Gasteiger partial charge in [0.25, 0.3) is 0 Å². The van der Waals surface area contributed by atoms with E-state index in [2.05, 4.69) is 26.2 Å². The molecule has 0 fully saturated rings. The summed E-state index contributed by atoms with van der Waals surface area (Å²) in [7, 11) is 0. The zero-order valence-corrected chi connectivity index (χ0v) is 12.1. The van der Waals surface area contributed by atoms with E-state index < -0.39 is 12.0 Å². The van der Waals surface area contributed by atoms with E-state index in [1.807, 2.05) is 18.2 Å². The molecule has 0 amide bonds. The number of hydrogen-bond acceptors (Lipinski definition) is 4. The highest BCUT2D eigenvalue weighted by atomic mass is 79.9. The minimum atomic E-state index is -1.00. The molecule has 0 aliphatic carbocycles. The van der Waals surface area contributed by atoms with Crippen molar-refractivity contribution in [1.82, 2.24) is 4.98 Å². The summed E-state index contributed by atoms with van der Waals surface area (Å²) < 4.78 is 1.25. The maximum absolute atomic E-state index is 11.3. The molecule has 2 rings (SSSR count). The first-order chi connectivity index (χ1) is 8.58. The second kappa shape index (κ2) is 5.69. The number of nitrogens with one attached hydrogen (secondary N) is 1. The molecule has 18 heavy (non-hydrogen) atoms. The van der Waals surface area contributed by atoms with Crippen molar-refractivity contribution in [3.63, 3.8) is 0 Å². The largest absolute Gasteiger partial charge is 0.479 e. The molecule has 94 valence electrons. The van der Waals surface area contributed by atoms with Gasteiger partial charge in [-0.2, -0.15) is 0 Å². The van der Waals surface area contributed by atoms with E-state index in [-0.39, 0.29) is 0 Å². The predicted molar refractivity (Wildman–Crippen MR) is 75.3 cm³/mol. The second-order valence-electron chi connectivity index (χ2n) is 3.40. The fourth-order valence-corrected chi connectivity index (χ4v) is 2.74. The van der Waals surface area contributed by atoms with Gasteiger partial charge >= 0.3 is 5.97 Å². The van der Waals surface area contributed by atoms with Crippen molar-refractivity contribution < 1.29 is 9.90 Å². The number of aliphatic carboxylic acids is 1. The lowest BCUT2D eigenvalue weighted by Gasteiger charge is -2.14. The van der Waals surface area contributed by atoms with E-state index in [4.69, 9.17) is 11.6 Å². The predicted octanol–water partition coefficient (Wildman–Crippen LogP) is 3.80. The highest BCUT2D eigenvalue weighted by Gasteiger charge is 2.23. The van der Waals surface area contributed by atoms with E-state index in [1.165, 1.54) is 6.20 Å². The molecule has 2 N–H and O–H groups in total. The Morgan fingerprint density at radius 3 is 2.78 bits per heavy atom. The van der Waals surface area contributed by atoms with Crippen molar-refractivity contribution in [2.75, 3.05) is 5.32 Å². The molecule has 1 atom stereocenters. The number of thiazole rings is 1. The summed E-state index contributed by atoms with van der Waals surface area (Å²) in [6.07, 6.45) is 1.44. The van der Waals surface area contributed by atoms with Gasteiger partial charge in [0.05, 0.1) is 6.20 Å². The Kier molecular flexibility index (Phi) is 4.21. The summed E-state index contributed by atoms with van der Waals surface area (Å²) in [6, 6.07) is 6.37. The lowest BCUT2D eigenvalue weighted by molar-refractivity contribution is -0.138. The van der Waals surface area contributed by atoms with Crippen LogP contribution in [0.4, 0.5) is 5.69 Å². The third-order valence-electron chi connectivity index (χ3n) is 2.16. The van der Waals surface area contributed by atoms with Gasteiger partial charge in [-0.1, -0.05) is 23.7 Å². The standard InChI is InChI=1S/C11H8BrClN2O2S/c12-6-3-1-2-4-7(6)15-9(11(16)17)10-14-5-8(13)18-10/h1-5,9,15H,(H,16,17). The zero-order valence-electron chi connectivity index (χ0n) is 8.93. The van der Waals surface area contributed by atoms with Gasteiger partial charge in [-0.15, -0.1) is 11.3 Å². The van der Waals surface area contributed by atoms with Crippen LogP contribution in [0, 0.1) is 0 Å². The first kappa shape index (κ1) is 13.3. The molecule has 2 aromatic rings. The van der Waals surface area contributed by atoms with Crippen LogP contribution in [0.1, 0.15) is 11.0 Å². The zero-order chi connectivity index (χ0) is 13.1. The number of aromatic nitrogens is 1. The van der Waals surface area contributed by atoms with Crippen LogP contribution in [0.2, 0.25) is 4.34 Å². The third-order valence-corrected chi connectivity index (χ3v) is 4.03. The normalized spacial score (nSPS) is 12.1. The SMILES string of the molecule is O=C(O)C(Nc1ccccc1Br)c1ncc(Cl)s1. The van der Waals surface area contributed by atoms with Crippen LogP contribution in [-0.2, 0) is 4.79 Å². The quantitative estimate of drug-likeness (QED) is 0.883. The molecule has 1 aromatic carbocycles. The molecular weight excluding hydrogens is 340 g/mol. The fourth-order valence-electron chi connectivity index (χ4n) is 1.36. The number of carboxylic acid groups (broad SMARTS) is 1. The first-order valence-corrected chi connectivity index (χ1v) is 6.92. The number of anilines is 1. The summed E-state index contributed by atoms with van der Waals surface area (Å²) in [4.78, 5) is 15.3. The molecular formula is C11H8BrClN2O2S. The van der Waals surface area contributed by atoms with Crippen molar-refractivity contribution >= 4 is 50.5 Å². The number of rotatable bonds is 4. The fraction of sp³-hybridized carbons (Fsp3) is 0.0909. The van der Waals surface area contributed by atoms with E-state index in [0.717, 1.165) is 15.8 Å². The van der Waals surface area contributed by atoms with Crippen molar-refractivity contribution in [1.29, 1.82) is 0 Å². The van der Waals surface area contributed by atoms with E-state index >= 15 is 0 Å². The highest BCUT2D eigenvalue weighted by molar-refractivity contribution is 9.10. The smallest absolute Gasteiger partial charge is 0.333 e.